The average molecular weight is 359 g/mol. The van der Waals surface area contributed by atoms with Crippen LogP contribution >= 0.6 is 0 Å². The molecule has 1 saturated heterocycles. The van der Waals surface area contributed by atoms with Crippen molar-refractivity contribution < 1.29 is 19.1 Å². The summed E-state index contributed by atoms with van der Waals surface area (Å²) in [6, 6.07) is 9.31. The Kier molecular flexibility index (Phi) is 6.80. The molecule has 2 aliphatic rings. The van der Waals surface area contributed by atoms with Crippen LogP contribution in [0.1, 0.15) is 51.0 Å². The lowest BCUT2D eigenvalue weighted by Gasteiger charge is -2.27. The van der Waals surface area contributed by atoms with E-state index < -0.39 is 12.1 Å². The van der Waals surface area contributed by atoms with Gasteiger partial charge in [0.2, 0.25) is 5.91 Å². The number of hydrogen-bond acceptors (Lipinski definition) is 4. The highest BCUT2D eigenvalue weighted by Gasteiger charge is 2.36. The number of ether oxygens (including phenoxy) is 2. The van der Waals surface area contributed by atoms with E-state index in [9.17, 15) is 9.59 Å². The van der Waals surface area contributed by atoms with Gasteiger partial charge in [-0.3, -0.25) is 9.59 Å². The highest BCUT2D eigenvalue weighted by Crippen LogP contribution is 2.28. The summed E-state index contributed by atoms with van der Waals surface area (Å²) >= 11 is 0. The van der Waals surface area contributed by atoms with Gasteiger partial charge < -0.3 is 14.8 Å². The minimum absolute atomic E-state index is 0.0645. The zero-order chi connectivity index (χ0) is 18.4. The molecule has 3 rings (SSSR count). The first-order chi connectivity index (χ1) is 12.6. The summed E-state index contributed by atoms with van der Waals surface area (Å²) in [7, 11) is 0. The van der Waals surface area contributed by atoms with Gasteiger partial charge >= 0.3 is 0 Å². The van der Waals surface area contributed by atoms with Gasteiger partial charge in [0.1, 0.15) is 18.8 Å². The lowest BCUT2D eigenvalue weighted by Crippen LogP contribution is -2.48. The first kappa shape index (κ1) is 19.1. The molecule has 0 spiro atoms. The molecule has 0 radical (unpaired) electrons. The van der Waals surface area contributed by atoms with E-state index in [4.69, 9.17) is 9.47 Å². The van der Waals surface area contributed by atoms with E-state index in [2.05, 4.69) is 5.32 Å². The molecule has 1 aliphatic heterocycles. The van der Waals surface area contributed by atoms with Crippen LogP contribution in [0.25, 0.3) is 0 Å². The van der Waals surface area contributed by atoms with Gasteiger partial charge in [0.25, 0.3) is 0 Å². The lowest BCUT2D eigenvalue weighted by molar-refractivity contribution is -0.137. The van der Waals surface area contributed by atoms with Crippen LogP contribution in [0.15, 0.2) is 30.3 Å². The number of carbonyl (C=O) groups excluding carboxylic acids is 2. The summed E-state index contributed by atoms with van der Waals surface area (Å²) in [5.74, 6) is 0.260. The SMILES string of the molecule is CC1OCC(=O)[C@@H]1NC(=O)[C@@H](CC1CCCCC1)OCc1ccccc1. The summed E-state index contributed by atoms with van der Waals surface area (Å²) < 4.78 is 11.3. The second kappa shape index (κ2) is 9.28. The van der Waals surface area contributed by atoms with Gasteiger partial charge in [0.05, 0.1) is 12.7 Å². The monoisotopic (exact) mass is 359 g/mol. The molecule has 2 fully saturated rings. The first-order valence-electron chi connectivity index (χ1n) is 9.73. The van der Waals surface area contributed by atoms with Gasteiger partial charge in [0, 0.05) is 0 Å². The third kappa shape index (κ3) is 5.15. The Hall–Kier alpha value is -1.72. The topological polar surface area (TPSA) is 64.6 Å². The third-order valence-corrected chi connectivity index (χ3v) is 5.46. The van der Waals surface area contributed by atoms with E-state index in [0.29, 0.717) is 12.5 Å². The molecule has 5 nitrogen and oxygen atoms in total. The van der Waals surface area contributed by atoms with Crippen LogP contribution in [0, 0.1) is 5.92 Å². The molecule has 1 unspecified atom stereocenters. The molecule has 1 N–H and O–H groups in total. The number of benzene rings is 1. The van der Waals surface area contributed by atoms with Gasteiger partial charge in [-0.2, -0.15) is 0 Å². The zero-order valence-electron chi connectivity index (χ0n) is 15.5. The van der Waals surface area contributed by atoms with E-state index >= 15 is 0 Å². The molecule has 1 aromatic rings. The van der Waals surface area contributed by atoms with Crippen LogP contribution in [0.4, 0.5) is 0 Å². The second-order valence-electron chi connectivity index (χ2n) is 7.49. The predicted molar refractivity (Wildman–Crippen MR) is 98.6 cm³/mol. The molecule has 26 heavy (non-hydrogen) atoms. The zero-order valence-corrected chi connectivity index (χ0v) is 15.5. The van der Waals surface area contributed by atoms with E-state index in [-0.39, 0.29) is 24.4 Å². The molecule has 1 aliphatic carbocycles. The molecule has 0 bridgehead atoms. The Labute approximate surface area is 155 Å². The summed E-state index contributed by atoms with van der Waals surface area (Å²) in [5, 5.41) is 2.87. The lowest BCUT2D eigenvalue weighted by atomic mass is 9.85. The Morgan fingerprint density at radius 2 is 1.96 bits per heavy atom. The van der Waals surface area contributed by atoms with E-state index in [1.807, 2.05) is 37.3 Å². The highest BCUT2D eigenvalue weighted by molar-refractivity contribution is 5.92. The third-order valence-electron chi connectivity index (χ3n) is 5.46. The standard InChI is InChI=1S/C21H29NO4/c1-15-20(18(23)14-25-15)22-21(24)19(12-16-8-4-2-5-9-16)26-13-17-10-6-3-7-11-17/h3,6-7,10-11,15-16,19-20H,2,4-5,8-9,12-14H2,1H3,(H,22,24)/t15?,19-,20-/m1/s1. The Balaban J connectivity index is 1.62. The molecular formula is C21H29NO4. The molecular weight excluding hydrogens is 330 g/mol. The minimum atomic E-state index is -0.559. The molecule has 0 aromatic heterocycles. The number of nitrogens with one attached hydrogen (secondary N) is 1. The normalized spacial score (nSPS) is 25.2. The Bertz CT molecular complexity index is 597. The summed E-state index contributed by atoms with van der Waals surface area (Å²) in [5.41, 5.74) is 1.04. The molecule has 1 heterocycles. The van der Waals surface area contributed by atoms with Crippen molar-refractivity contribution in [1.29, 1.82) is 0 Å². The number of carbonyl (C=O) groups is 2. The van der Waals surface area contributed by atoms with Gasteiger partial charge in [-0.15, -0.1) is 0 Å². The quantitative estimate of drug-likeness (QED) is 0.813. The van der Waals surface area contributed by atoms with Crippen LogP contribution < -0.4 is 5.32 Å². The van der Waals surface area contributed by atoms with E-state index in [1.54, 1.807) is 0 Å². The van der Waals surface area contributed by atoms with Crippen molar-refractivity contribution in [3.8, 4) is 0 Å². The number of rotatable bonds is 7. The Morgan fingerprint density at radius 3 is 2.62 bits per heavy atom. The Morgan fingerprint density at radius 1 is 1.23 bits per heavy atom. The van der Waals surface area contributed by atoms with Crippen molar-refractivity contribution in [2.75, 3.05) is 6.61 Å². The smallest absolute Gasteiger partial charge is 0.249 e. The average Bonchev–Trinajstić information content (AvgIpc) is 2.98. The molecule has 142 valence electrons. The largest absolute Gasteiger partial charge is 0.368 e. The number of amides is 1. The van der Waals surface area contributed by atoms with Crippen molar-refractivity contribution in [2.45, 2.75) is 70.3 Å². The summed E-state index contributed by atoms with van der Waals surface area (Å²) in [6.07, 6.45) is 5.95. The van der Waals surface area contributed by atoms with Crippen LogP contribution in [-0.4, -0.2) is 36.5 Å². The maximum Gasteiger partial charge on any atom is 0.249 e. The van der Waals surface area contributed by atoms with Crippen molar-refractivity contribution in [2.24, 2.45) is 5.92 Å². The number of hydrogen-bond donors (Lipinski definition) is 1. The van der Waals surface area contributed by atoms with E-state index in [0.717, 1.165) is 24.8 Å². The van der Waals surface area contributed by atoms with Crippen LogP contribution in [0.5, 0.6) is 0 Å². The molecule has 3 atom stereocenters. The van der Waals surface area contributed by atoms with Crippen LogP contribution in [0.3, 0.4) is 0 Å². The fourth-order valence-corrected chi connectivity index (χ4v) is 3.85. The number of Topliss-reactive ketones (excluding diaryl/α,β-unsaturated/α-hetero) is 1. The fourth-order valence-electron chi connectivity index (χ4n) is 3.85. The van der Waals surface area contributed by atoms with Crippen molar-refractivity contribution in [1.82, 2.24) is 5.32 Å². The molecule has 5 heteroatoms. The predicted octanol–water partition coefficient (Wildman–Crippen LogP) is 3.01. The van der Waals surface area contributed by atoms with Crippen LogP contribution in [0.2, 0.25) is 0 Å². The number of ketones is 1. The van der Waals surface area contributed by atoms with Gasteiger partial charge in [-0.1, -0.05) is 62.4 Å². The summed E-state index contributed by atoms with van der Waals surface area (Å²) in [4.78, 5) is 24.8. The maximum atomic E-state index is 12.8. The molecule has 1 aromatic carbocycles. The highest BCUT2D eigenvalue weighted by atomic mass is 16.5. The van der Waals surface area contributed by atoms with Gasteiger partial charge in [0.15, 0.2) is 5.78 Å². The van der Waals surface area contributed by atoms with Crippen molar-refractivity contribution in [3.63, 3.8) is 0 Å². The minimum Gasteiger partial charge on any atom is -0.368 e. The first-order valence-corrected chi connectivity index (χ1v) is 9.73. The second-order valence-corrected chi connectivity index (χ2v) is 7.49. The maximum absolute atomic E-state index is 12.8. The van der Waals surface area contributed by atoms with E-state index in [1.165, 1.54) is 19.3 Å². The van der Waals surface area contributed by atoms with Crippen LogP contribution in [-0.2, 0) is 25.7 Å². The summed E-state index contributed by atoms with van der Waals surface area (Å²) in [6.45, 7) is 2.29. The van der Waals surface area contributed by atoms with Gasteiger partial charge in [-0.25, -0.2) is 0 Å². The molecule has 1 amide bonds. The molecule has 1 saturated carbocycles. The fraction of sp³-hybridized carbons (Fsp3) is 0.619. The van der Waals surface area contributed by atoms with Crippen molar-refractivity contribution in [3.05, 3.63) is 35.9 Å². The van der Waals surface area contributed by atoms with Gasteiger partial charge in [-0.05, 0) is 24.8 Å². The van der Waals surface area contributed by atoms with Crippen molar-refractivity contribution >= 4 is 11.7 Å².